The summed E-state index contributed by atoms with van der Waals surface area (Å²) >= 11 is 0. The van der Waals surface area contributed by atoms with Gasteiger partial charge in [0.2, 0.25) is 0 Å². The molecule has 0 atom stereocenters. The molecule has 2 aromatic carbocycles. The fourth-order valence-corrected chi connectivity index (χ4v) is 3.31. The summed E-state index contributed by atoms with van der Waals surface area (Å²) in [5, 5.41) is 15.1. The number of aromatic nitrogens is 3. The van der Waals surface area contributed by atoms with Crippen molar-refractivity contribution in [2.75, 3.05) is 13.1 Å². The third kappa shape index (κ3) is 7.18. The lowest BCUT2D eigenvalue weighted by atomic mass is 10.1. The monoisotopic (exact) mass is 556 g/mol. The summed E-state index contributed by atoms with van der Waals surface area (Å²) in [4.78, 5) is 4.66. The number of halogens is 1. The van der Waals surface area contributed by atoms with Crippen LogP contribution in [0.2, 0.25) is 0 Å². The summed E-state index contributed by atoms with van der Waals surface area (Å²) in [7, 11) is 0. The largest absolute Gasteiger partial charge is 0.489 e. The number of rotatable bonds is 9. The molecular weight excluding hydrogens is 527 g/mol. The van der Waals surface area contributed by atoms with Crippen LogP contribution in [0.25, 0.3) is 5.65 Å². The summed E-state index contributed by atoms with van der Waals surface area (Å²) in [5.41, 5.74) is 3.23. The van der Waals surface area contributed by atoms with Gasteiger partial charge in [-0.25, -0.2) is 4.99 Å². The second kappa shape index (κ2) is 12.8. The van der Waals surface area contributed by atoms with Gasteiger partial charge in [-0.3, -0.25) is 4.40 Å². The smallest absolute Gasteiger partial charge is 0.191 e. The molecule has 0 saturated heterocycles. The van der Waals surface area contributed by atoms with E-state index in [1.807, 2.05) is 59.1 Å². The molecule has 2 heterocycles. The zero-order valence-corrected chi connectivity index (χ0v) is 21.0. The molecule has 0 spiro atoms. The Morgan fingerprint density at radius 1 is 0.909 bits per heavy atom. The number of benzene rings is 2. The second-order valence-electron chi connectivity index (χ2n) is 7.34. The minimum absolute atomic E-state index is 0. The summed E-state index contributed by atoms with van der Waals surface area (Å²) in [5.74, 6) is 2.45. The zero-order chi connectivity index (χ0) is 22.0. The molecule has 7 nitrogen and oxygen atoms in total. The van der Waals surface area contributed by atoms with E-state index in [2.05, 4.69) is 57.0 Å². The normalized spacial score (nSPS) is 11.1. The molecular formula is C25H29IN6O. The first-order chi connectivity index (χ1) is 15.8. The van der Waals surface area contributed by atoms with Crippen LogP contribution in [0.3, 0.4) is 0 Å². The molecule has 0 saturated carbocycles. The van der Waals surface area contributed by atoms with Crippen molar-refractivity contribution in [3.05, 3.63) is 95.9 Å². The van der Waals surface area contributed by atoms with Gasteiger partial charge in [-0.2, -0.15) is 0 Å². The van der Waals surface area contributed by atoms with Crippen LogP contribution >= 0.6 is 24.0 Å². The van der Waals surface area contributed by atoms with E-state index in [4.69, 9.17) is 4.74 Å². The van der Waals surface area contributed by atoms with Gasteiger partial charge in [0.1, 0.15) is 18.9 Å². The van der Waals surface area contributed by atoms with Gasteiger partial charge in [0.05, 0.1) is 0 Å². The summed E-state index contributed by atoms with van der Waals surface area (Å²) < 4.78 is 7.81. The minimum Gasteiger partial charge on any atom is -0.489 e. The summed E-state index contributed by atoms with van der Waals surface area (Å²) in [6.07, 6.45) is 2.84. The number of hydrogen-bond donors (Lipinski definition) is 2. The standard InChI is InChI=1S/C25H28N6O.HI/c1-2-26-25(28-18-24-30-29-23-10-6-7-17-31(23)24)27-16-15-20-11-13-22(14-12-20)32-19-21-8-4-3-5-9-21;/h3-14,17H,2,15-16,18-19H2,1H3,(H2,26,27,28);1H. The molecule has 2 aromatic heterocycles. The van der Waals surface area contributed by atoms with Crippen LogP contribution in [0.1, 0.15) is 23.9 Å². The van der Waals surface area contributed by atoms with E-state index >= 15 is 0 Å². The number of hydrogen-bond acceptors (Lipinski definition) is 4. The van der Waals surface area contributed by atoms with Gasteiger partial charge < -0.3 is 15.4 Å². The number of aliphatic imine (C=N–C) groups is 1. The van der Waals surface area contributed by atoms with Crippen LogP contribution in [-0.4, -0.2) is 33.6 Å². The van der Waals surface area contributed by atoms with Crippen LogP contribution in [0.15, 0.2) is 84.0 Å². The topological polar surface area (TPSA) is 75.8 Å². The average Bonchev–Trinajstić information content (AvgIpc) is 3.26. The maximum absolute atomic E-state index is 5.86. The fourth-order valence-electron chi connectivity index (χ4n) is 3.31. The Hall–Kier alpha value is -3.14. The second-order valence-corrected chi connectivity index (χ2v) is 7.34. The van der Waals surface area contributed by atoms with Crippen molar-refractivity contribution in [2.24, 2.45) is 4.99 Å². The molecule has 8 heteroatoms. The van der Waals surface area contributed by atoms with Crippen LogP contribution in [0, 0.1) is 0 Å². The van der Waals surface area contributed by atoms with Gasteiger partial charge in [-0.05, 0) is 48.7 Å². The fraction of sp³-hybridized carbons (Fsp3) is 0.240. The Morgan fingerprint density at radius 3 is 2.48 bits per heavy atom. The van der Waals surface area contributed by atoms with Gasteiger partial charge in [-0.1, -0.05) is 48.5 Å². The molecule has 33 heavy (non-hydrogen) atoms. The average molecular weight is 556 g/mol. The highest BCUT2D eigenvalue weighted by Gasteiger charge is 2.05. The van der Waals surface area contributed by atoms with E-state index in [-0.39, 0.29) is 24.0 Å². The van der Waals surface area contributed by atoms with E-state index in [0.717, 1.165) is 48.3 Å². The Bertz CT molecular complexity index is 1140. The molecule has 0 aliphatic carbocycles. The molecule has 0 fully saturated rings. The first kappa shape index (κ1) is 24.5. The highest BCUT2D eigenvalue weighted by atomic mass is 127. The number of fused-ring (bicyclic) bond motifs is 1. The molecule has 0 radical (unpaired) electrons. The van der Waals surface area contributed by atoms with Gasteiger partial charge in [0.25, 0.3) is 0 Å². The van der Waals surface area contributed by atoms with Crippen molar-refractivity contribution in [1.29, 1.82) is 0 Å². The van der Waals surface area contributed by atoms with Crippen molar-refractivity contribution in [3.63, 3.8) is 0 Å². The first-order valence-electron chi connectivity index (χ1n) is 10.9. The Morgan fingerprint density at radius 2 is 1.70 bits per heavy atom. The van der Waals surface area contributed by atoms with Crippen molar-refractivity contribution >= 4 is 35.6 Å². The molecule has 4 aromatic rings. The molecule has 0 aliphatic heterocycles. The highest BCUT2D eigenvalue weighted by molar-refractivity contribution is 14.0. The minimum atomic E-state index is 0. The van der Waals surface area contributed by atoms with E-state index in [0.29, 0.717) is 13.2 Å². The first-order valence-corrected chi connectivity index (χ1v) is 10.9. The quantitative estimate of drug-likeness (QED) is 0.184. The predicted molar refractivity (Wildman–Crippen MR) is 142 cm³/mol. The summed E-state index contributed by atoms with van der Waals surface area (Å²) in [6, 6.07) is 24.3. The van der Waals surface area contributed by atoms with E-state index in [9.17, 15) is 0 Å². The van der Waals surface area contributed by atoms with E-state index in [1.54, 1.807) is 0 Å². The maximum Gasteiger partial charge on any atom is 0.191 e. The van der Waals surface area contributed by atoms with Crippen LogP contribution in [0.5, 0.6) is 5.75 Å². The number of ether oxygens (including phenoxy) is 1. The third-order valence-electron chi connectivity index (χ3n) is 4.98. The molecule has 2 N–H and O–H groups in total. The summed E-state index contributed by atoms with van der Waals surface area (Å²) in [6.45, 7) is 4.65. The van der Waals surface area contributed by atoms with Gasteiger partial charge in [0.15, 0.2) is 17.4 Å². The Labute approximate surface area is 211 Å². The van der Waals surface area contributed by atoms with Gasteiger partial charge >= 0.3 is 0 Å². The number of nitrogens with one attached hydrogen (secondary N) is 2. The van der Waals surface area contributed by atoms with Crippen LogP contribution in [-0.2, 0) is 19.6 Å². The predicted octanol–water partition coefficient (Wildman–Crippen LogP) is 4.22. The highest BCUT2D eigenvalue weighted by Crippen LogP contribution is 2.14. The Balaban J connectivity index is 0.00000306. The maximum atomic E-state index is 5.86. The SMILES string of the molecule is CCNC(=NCc1nnc2ccccn12)NCCc1ccc(OCc2ccccc2)cc1.I. The van der Waals surface area contributed by atoms with Crippen LogP contribution in [0.4, 0.5) is 0 Å². The number of pyridine rings is 1. The van der Waals surface area contributed by atoms with Crippen molar-refractivity contribution in [2.45, 2.75) is 26.5 Å². The lowest BCUT2D eigenvalue weighted by Crippen LogP contribution is -2.38. The molecule has 172 valence electrons. The molecule has 0 bridgehead atoms. The van der Waals surface area contributed by atoms with Crippen molar-refractivity contribution in [1.82, 2.24) is 25.2 Å². The molecule has 0 unspecified atom stereocenters. The van der Waals surface area contributed by atoms with Gasteiger partial charge in [0, 0.05) is 19.3 Å². The van der Waals surface area contributed by atoms with E-state index < -0.39 is 0 Å². The van der Waals surface area contributed by atoms with Crippen LogP contribution < -0.4 is 15.4 Å². The molecule has 0 amide bonds. The zero-order valence-electron chi connectivity index (χ0n) is 18.6. The van der Waals surface area contributed by atoms with Crippen molar-refractivity contribution < 1.29 is 4.74 Å². The van der Waals surface area contributed by atoms with Crippen molar-refractivity contribution in [3.8, 4) is 5.75 Å². The third-order valence-corrected chi connectivity index (χ3v) is 4.98. The Kier molecular flexibility index (Phi) is 9.49. The number of guanidine groups is 1. The van der Waals surface area contributed by atoms with Gasteiger partial charge in [-0.15, -0.1) is 34.2 Å². The lowest BCUT2D eigenvalue weighted by Gasteiger charge is -2.11. The molecule has 4 rings (SSSR count). The molecule has 0 aliphatic rings. The lowest BCUT2D eigenvalue weighted by molar-refractivity contribution is 0.306. The number of nitrogens with zero attached hydrogens (tertiary/aromatic N) is 4. The van der Waals surface area contributed by atoms with E-state index in [1.165, 1.54) is 5.56 Å².